The second-order valence-corrected chi connectivity index (χ2v) is 5.94. The predicted molar refractivity (Wildman–Crippen MR) is 84.9 cm³/mol. The van der Waals surface area contributed by atoms with E-state index in [1.54, 1.807) is 12.1 Å². The molecule has 0 aliphatic carbocycles. The second-order valence-electron chi connectivity index (χ2n) is 4.11. The Morgan fingerprint density at radius 1 is 0.952 bits per heavy atom. The van der Waals surface area contributed by atoms with Crippen LogP contribution >= 0.6 is 31.9 Å². The van der Waals surface area contributed by atoms with Gasteiger partial charge in [0.25, 0.3) is 5.91 Å². The number of rotatable bonds is 3. The van der Waals surface area contributed by atoms with E-state index in [4.69, 9.17) is 5.11 Å². The van der Waals surface area contributed by atoms with Gasteiger partial charge in [0.15, 0.2) is 0 Å². The van der Waals surface area contributed by atoms with Crippen LogP contribution in [0.3, 0.4) is 0 Å². The Morgan fingerprint density at radius 2 is 1.52 bits per heavy atom. The quantitative estimate of drug-likeness (QED) is 0.711. The summed E-state index contributed by atoms with van der Waals surface area (Å²) in [6, 6.07) is 8.89. The minimum absolute atomic E-state index is 0.0450. The third kappa shape index (κ3) is 3.62. The number of phenols is 1. The van der Waals surface area contributed by atoms with Crippen LogP contribution in [0, 0.1) is 0 Å². The minimum atomic E-state index is -1.16. The van der Waals surface area contributed by atoms with Crippen LogP contribution in [0.5, 0.6) is 5.75 Å². The number of carboxylic acids is 1. The van der Waals surface area contributed by atoms with Crippen molar-refractivity contribution in [3.8, 4) is 5.75 Å². The van der Waals surface area contributed by atoms with Crippen LogP contribution in [0.2, 0.25) is 0 Å². The average Bonchev–Trinajstić information content (AvgIpc) is 2.43. The Labute approximate surface area is 136 Å². The molecule has 0 aliphatic rings. The van der Waals surface area contributed by atoms with Crippen molar-refractivity contribution in [2.75, 3.05) is 5.32 Å². The molecule has 0 unspecified atom stereocenters. The summed E-state index contributed by atoms with van der Waals surface area (Å²) in [6.07, 6.45) is 0. The first-order chi connectivity index (χ1) is 9.88. The number of nitrogens with one attached hydrogen (secondary N) is 1. The van der Waals surface area contributed by atoms with Crippen molar-refractivity contribution in [2.24, 2.45) is 0 Å². The topological polar surface area (TPSA) is 86.6 Å². The van der Waals surface area contributed by atoms with Crippen LogP contribution in [0.15, 0.2) is 45.3 Å². The number of benzene rings is 2. The fourth-order valence-electron chi connectivity index (χ4n) is 1.68. The molecular weight excluding hydrogens is 406 g/mol. The number of amides is 1. The predicted octanol–water partition coefficient (Wildman–Crippen LogP) is 3.87. The third-order valence-electron chi connectivity index (χ3n) is 2.66. The van der Waals surface area contributed by atoms with Gasteiger partial charge in [0, 0.05) is 8.95 Å². The highest BCUT2D eigenvalue weighted by molar-refractivity contribution is 9.10. The molecule has 0 radical (unpaired) electrons. The average molecular weight is 415 g/mol. The van der Waals surface area contributed by atoms with Gasteiger partial charge in [0.05, 0.1) is 16.8 Å². The van der Waals surface area contributed by atoms with E-state index >= 15 is 0 Å². The minimum Gasteiger partial charge on any atom is -0.507 e. The highest BCUT2D eigenvalue weighted by Crippen LogP contribution is 2.25. The summed E-state index contributed by atoms with van der Waals surface area (Å²) in [7, 11) is 0. The second kappa shape index (κ2) is 6.28. The first-order valence-corrected chi connectivity index (χ1v) is 7.30. The summed E-state index contributed by atoms with van der Waals surface area (Å²) >= 11 is 6.38. The van der Waals surface area contributed by atoms with Crippen molar-refractivity contribution in [2.45, 2.75) is 0 Å². The lowest BCUT2D eigenvalue weighted by Crippen LogP contribution is -2.15. The molecule has 0 bridgehead atoms. The number of carbonyl (C=O) groups is 2. The standard InChI is InChI=1S/C14H9Br2NO4/c15-7-1-3-11(9(5-7)14(20)21)17-13(19)10-6-8(16)2-4-12(10)18/h1-6,18H,(H,17,19)(H,20,21). The van der Waals surface area contributed by atoms with Gasteiger partial charge in [-0.2, -0.15) is 0 Å². The van der Waals surface area contributed by atoms with Gasteiger partial charge >= 0.3 is 5.97 Å². The maximum Gasteiger partial charge on any atom is 0.337 e. The van der Waals surface area contributed by atoms with E-state index in [0.717, 1.165) is 0 Å². The molecule has 108 valence electrons. The van der Waals surface area contributed by atoms with Crippen molar-refractivity contribution < 1.29 is 19.8 Å². The van der Waals surface area contributed by atoms with E-state index in [9.17, 15) is 14.7 Å². The summed E-state index contributed by atoms with van der Waals surface area (Å²) in [5.41, 5.74) is 0.144. The Kier molecular flexibility index (Phi) is 4.64. The molecule has 0 aliphatic heterocycles. The maximum atomic E-state index is 12.2. The number of hydrogen-bond donors (Lipinski definition) is 3. The van der Waals surface area contributed by atoms with Gasteiger partial charge in [-0.25, -0.2) is 4.79 Å². The zero-order valence-corrected chi connectivity index (χ0v) is 13.6. The fraction of sp³-hybridized carbons (Fsp3) is 0. The monoisotopic (exact) mass is 413 g/mol. The van der Waals surface area contributed by atoms with E-state index in [1.807, 2.05) is 0 Å². The van der Waals surface area contributed by atoms with Crippen LogP contribution in [0.25, 0.3) is 0 Å². The lowest BCUT2D eigenvalue weighted by Gasteiger charge is -2.10. The first-order valence-electron chi connectivity index (χ1n) is 5.71. The molecule has 2 rings (SSSR count). The molecule has 3 N–H and O–H groups in total. The van der Waals surface area contributed by atoms with Gasteiger partial charge in [0.1, 0.15) is 5.75 Å². The van der Waals surface area contributed by atoms with Gasteiger partial charge in [-0.15, -0.1) is 0 Å². The molecular formula is C14H9Br2NO4. The van der Waals surface area contributed by atoms with Gasteiger partial charge in [-0.05, 0) is 36.4 Å². The molecule has 1 amide bonds. The highest BCUT2D eigenvalue weighted by Gasteiger charge is 2.16. The molecule has 21 heavy (non-hydrogen) atoms. The molecule has 0 saturated heterocycles. The van der Waals surface area contributed by atoms with Crippen molar-refractivity contribution in [3.05, 3.63) is 56.5 Å². The van der Waals surface area contributed by atoms with E-state index in [0.29, 0.717) is 8.95 Å². The molecule has 0 atom stereocenters. The summed E-state index contributed by atoms with van der Waals surface area (Å²) in [6.45, 7) is 0. The lowest BCUT2D eigenvalue weighted by atomic mass is 10.1. The summed E-state index contributed by atoms with van der Waals surface area (Å²) in [4.78, 5) is 23.3. The Balaban J connectivity index is 2.36. The SMILES string of the molecule is O=C(Nc1ccc(Br)cc1C(=O)O)c1cc(Br)ccc1O. The maximum absolute atomic E-state index is 12.2. The molecule has 0 heterocycles. The van der Waals surface area contributed by atoms with Gasteiger partial charge in [-0.3, -0.25) is 4.79 Å². The largest absolute Gasteiger partial charge is 0.507 e. The molecule has 7 heteroatoms. The normalized spacial score (nSPS) is 10.2. The van der Waals surface area contributed by atoms with Crippen LogP contribution in [0.4, 0.5) is 5.69 Å². The van der Waals surface area contributed by atoms with E-state index in [1.165, 1.54) is 24.3 Å². The molecule has 2 aromatic carbocycles. The Morgan fingerprint density at radius 3 is 2.14 bits per heavy atom. The Bertz CT molecular complexity index is 731. The van der Waals surface area contributed by atoms with Crippen molar-refractivity contribution >= 4 is 49.4 Å². The smallest absolute Gasteiger partial charge is 0.337 e. The van der Waals surface area contributed by atoms with E-state index < -0.39 is 11.9 Å². The zero-order valence-electron chi connectivity index (χ0n) is 10.4. The van der Waals surface area contributed by atoms with Gasteiger partial charge < -0.3 is 15.5 Å². The number of halogens is 2. The molecule has 0 fully saturated rings. The number of carbonyl (C=O) groups excluding carboxylic acids is 1. The van der Waals surface area contributed by atoms with E-state index in [2.05, 4.69) is 37.2 Å². The molecule has 0 spiro atoms. The van der Waals surface area contributed by atoms with Crippen molar-refractivity contribution in [1.29, 1.82) is 0 Å². The molecule has 0 saturated carbocycles. The number of phenolic OH excluding ortho intramolecular Hbond substituents is 1. The number of aromatic carboxylic acids is 1. The number of aromatic hydroxyl groups is 1. The summed E-state index contributed by atoms with van der Waals surface area (Å²) in [5.74, 6) is -1.95. The van der Waals surface area contributed by atoms with Crippen molar-refractivity contribution in [3.63, 3.8) is 0 Å². The highest BCUT2D eigenvalue weighted by atomic mass is 79.9. The number of anilines is 1. The first kappa shape index (κ1) is 15.5. The molecule has 0 aromatic heterocycles. The third-order valence-corrected chi connectivity index (χ3v) is 3.65. The summed E-state index contributed by atoms with van der Waals surface area (Å²) < 4.78 is 1.21. The fourth-order valence-corrected chi connectivity index (χ4v) is 2.40. The molecule has 2 aromatic rings. The van der Waals surface area contributed by atoms with E-state index in [-0.39, 0.29) is 22.6 Å². The van der Waals surface area contributed by atoms with Crippen LogP contribution in [-0.2, 0) is 0 Å². The lowest BCUT2D eigenvalue weighted by molar-refractivity contribution is 0.0698. The van der Waals surface area contributed by atoms with Gasteiger partial charge in [-0.1, -0.05) is 31.9 Å². The number of carboxylic acid groups (broad SMARTS) is 1. The van der Waals surface area contributed by atoms with Crippen LogP contribution < -0.4 is 5.32 Å². The zero-order chi connectivity index (χ0) is 15.6. The summed E-state index contributed by atoms with van der Waals surface area (Å²) in [5, 5.41) is 21.3. The Hall–Kier alpha value is -1.86. The van der Waals surface area contributed by atoms with Gasteiger partial charge in [0.2, 0.25) is 0 Å². The van der Waals surface area contributed by atoms with Crippen molar-refractivity contribution in [1.82, 2.24) is 0 Å². The van der Waals surface area contributed by atoms with Crippen LogP contribution in [-0.4, -0.2) is 22.1 Å². The number of hydrogen-bond acceptors (Lipinski definition) is 3. The van der Waals surface area contributed by atoms with Crippen LogP contribution in [0.1, 0.15) is 20.7 Å². The molecule has 5 nitrogen and oxygen atoms in total.